The highest BCUT2D eigenvalue weighted by molar-refractivity contribution is 5.24. The summed E-state index contributed by atoms with van der Waals surface area (Å²) in [5.41, 5.74) is 2.13. The summed E-state index contributed by atoms with van der Waals surface area (Å²) in [4.78, 5) is 0. The van der Waals surface area contributed by atoms with Crippen LogP contribution in [-0.2, 0) is 7.05 Å². The van der Waals surface area contributed by atoms with Crippen LogP contribution in [0.25, 0.3) is 0 Å². The Morgan fingerprint density at radius 3 is 2.88 bits per heavy atom. The van der Waals surface area contributed by atoms with Crippen LogP contribution in [0.2, 0.25) is 0 Å². The first-order valence-electron chi connectivity index (χ1n) is 5.35. The first-order valence-corrected chi connectivity index (χ1v) is 5.35. The number of furan rings is 1. The molecule has 0 spiro atoms. The van der Waals surface area contributed by atoms with Gasteiger partial charge in [0.15, 0.2) is 0 Å². The van der Waals surface area contributed by atoms with Crippen molar-refractivity contribution in [1.29, 1.82) is 0 Å². The maximum Gasteiger partial charge on any atom is 0.101 e. The minimum atomic E-state index is 0.0856. The smallest absolute Gasteiger partial charge is 0.101 e. The summed E-state index contributed by atoms with van der Waals surface area (Å²) in [6, 6.07) is 2.11. The van der Waals surface area contributed by atoms with Gasteiger partial charge in [0.25, 0.3) is 0 Å². The summed E-state index contributed by atoms with van der Waals surface area (Å²) in [6.07, 6.45) is 3.55. The molecule has 2 aromatic heterocycles. The van der Waals surface area contributed by atoms with Crippen molar-refractivity contribution in [2.24, 2.45) is 7.05 Å². The number of hydrogen-bond acceptors (Lipinski definition) is 4. The molecule has 5 nitrogen and oxygen atoms in total. The van der Waals surface area contributed by atoms with Gasteiger partial charge in [-0.2, -0.15) is 0 Å². The van der Waals surface area contributed by atoms with Gasteiger partial charge in [0.1, 0.15) is 5.76 Å². The van der Waals surface area contributed by atoms with Gasteiger partial charge in [-0.25, -0.2) is 0 Å². The molecule has 5 heteroatoms. The van der Waals surface area contributed by atoms with E-state index in [1.54, 1.807) is 17.1 Å². The van der Waals surface area contributed by atoms with E-state index in [2.05, 4.69) is 22.6 Å². The van der Waals surface area contributed by atoms with Crippen molar-refractivity contribution in [3.63, 3.8) is 0 Å². The minimum Gasteiger partial charge on any atom is -0.469 e. The molecule has 0 aromatic carbocycles. The first-order chi connectivity index (χ1) is 7.72. The van der Waals surface area contributed by atoms with Crippen LogP contribution in [0.5, 0.6) is 0 Å². The molecule has 0 bridgehead atoms. The second-order valence-electron chi connectivity index (χ2n) is 3.76. The molecule has 2 rings (SSSR count). The van der Waals surface area contributed by atoms with Crippen LogP contribution >= 0.6 is 0 Å². The lowest BCUT2D eigenvalue weighted by Gasteiger charge is -2.15. The lowest BCUT2D eigenvalue weighted by Crippen LogP contribution is -2.23. The Labute approximate surface area is 94.5 Å². The molecule has 2 aromatic rings. The van der Waals surface area contributed by atoms with Crippen LogP contribution in [0.4, 0.5) is 0 Å². The number of nitrogens with one attached hydrogen (secondary N) is 1. The molecule has 1 atom stereocenters. The number of aryl methyl sites for hydroxylation is 2. The van der Waals surface area contributed by atoms with E-state index >= 15 is 0 Å². The number of hydrogen-bond donors (Lipinski definition) is 1. The summed E-state index contributed by atoms with van der Waals surface area (Å²) >= 11 is 0. The van der Waals surface area contributed by atoms with Crippen LogP contribution in [0, 0.1) is 6.92 Å². The molecule has 16 heavy (non-hydrogen) atoms. The highest BCUT2D eigenvalue weighted by Crippen LogP contribution is 2.22. The van der Waals surface area contributed by atoms with E-state index in [0.29, 0.717) is 0 Å². The molecule has 1 unspecified atom stereocenters. The van der Waals surface area contributed by atoms with E-state index in [9.17, 15) is 0 Å². The molecule has 1 N–H and O–H groups in total. The molecule has 0 radical (unpaired) electrons. The summed E-state index contributed by atoms with van der Waals surface area (Å²) in [7, 11) is 1.89. The summed E-state index contributed by atoms with van der Waals surface area (Å²) < 4.78 is 7.11. The third-order valence-corrected chi connectivity index (χ3v) is 2.54. The zero-order valence-corrected chi connectivity index (χ0v) is 9.77. The highest BCUT2D eigenvalue weighted by atomic mass is 16.3. The van der Waals surface area contributed by atoms with E-state index in [1.807, 2.05) is 20.0 Å². The van der Waals surface area contributed by atoms with Gasteiger partial charge >= 0.3 is 0 Å². The van der Waals surface area contributed by atoms with Gasteiger partial charge in [-0.05, 0) is 19.5 Å². The fourth-order valence-electron chi connectivity index (χ4n) is 1.77. The van der Waals surface area contributed by atoms with Crippen molar-refractivity contribution < 1.29 is 4.42 Å². The fourth-order valence-corrected chi connectivity index (χ4v) is 1.77. The molecule has 0 fully saturated rings. The first kappa shape index (κ1) is 10.9. The monoisotopic (exact) mass is 220 g/mol. The normalized spacial score (nSPS) is 12.9. The summed E-state index contributed by atoms with van der Waals surface area (Å²) in [5, 5.41) is 11.2. The largest absolute Gasteiger partial charge is 0.469 e. The van der Waals surface area contributed by atoms with Crippen molar-refractivity contribution >= 4 is 0 Å². The molecular weight excluding hydrogens is 204 g/mol. The molecule has 0 aliphatic heterocycles. The average molecular weight is 220 g/mol. The van der Waals surface area contributed by atoms with Crippen molar-refractivity contribution in [2.75, 3.05) is 6.54 Å². The molecule has 0 saturated carbocycles. The van der Waals surface area contributed by atoms with E-state index < -0.39 is 0 Å². The van der Waals surface area contributed by atoms with Crippen LogP contribution in [0.3, 0.4) is 0 Å². The lowest BCUT2D eigenvalue weighted by atomic mass is 10.1. The maximum atomic E-state index is 5.34. The zero-order valence-electron chi connectivity index (χ0n) is 9.77. The average Bonchev–Trinajstić information content (AvgIpc) is 2.84. The zero-order chi connectivity index (χ0) is 11.5. The quantitative estimate of drug-likeness (QED) is 0.846. The molecular formula is C11H16N4O. The molecule has 2 heterocycles. The Kier molecular flexibility index (Phi) is 3.05. The molecule has 0 aliphatic rings. The molecule has 0 amide bonds. The van der Waals surface area contributed by atoms with Gasteiger partial charge in [0.05, 0.1) is 24.2 Å². The minimum absolute atomic E-state index is 0.0856. The van der Waals surface area contributed by atoms with Crippen molar-refractivity contribution in [3.8, 4) is 0 Å². The summed E-state index contributed by atoms with van der Waals surface area (Å²) in [5.74, 6) is 0.910. The van der Waals surface area contributed by atoms with Crippen molar-refractivity contribution in [3.05, 3.63) is 35.5 Å². The van der Waals surface area contributed by atoms with Crippen LogP contribution in [0.1, 0.15) is 30.0 Å². The van der Waals surface area contributed by atoms with Gasteiger partial charge in [-0.15, -0.1) is 5.10 Å². The standard InChI is InChI=1S/C11H16N4O/c1-4-12-11(9-5-8(2)16-7-9)10-6-13-14-15(10)3/h5-7,11-12H,4H2,1-3H3. The van der Waals surface area contributed by atoms with Crippen molar-refractivity contribution in [1.82, 2.24) is 20.3 Å². The molecule has 0 aliphatic carbocycles. The topological polar surface area (TPSA) is 55.9 Å². The second kappa shape index (κ2) is 4.49. The van der Waals surface area contributed by atoms with Gasteiger partial charge in [0.2, 0.25) is 0 Å². The maximum absolute atomic E-state index is 5.34. The highest BCUT2D eigenvalue weighted by Gasteiger charge is 2.18. The second-order valence-corrected chi connectivity index (χ2v) is 3.76. The molecule has 0 saturated heterocycles. The van der Waals surface area contributed by atoms with Crippen molar-refractivity contribution in [2.45, 2.75) is 19.9 Å². The van der Waals surface area contributed by atoms with E-state index in [4.69, 9.17) is 4.42 Å². The van der Waals surface area contributed by atoms with E-state index in [0.717, 1.165) is 23.6 Å². The Hall–Kier alpha value is -1.62. The SMILES string of the molecule is CCNC(c1coc(C)c1)c1cnnn1C. The van der Waals surface area contributed by atoms with E-state index in [-0.39, 0.29) is 6.04 Å². The predicted octanol–water partition coefficient (Wildman–Crippen LogP) is 1.42. The van der Waals surface area contributed by atoms with E-state index in [1.165, 1.54) is 0 Å². The van der Waals surface area contributed by atoms with Crippen LogP contribution < -0.4 is 5.32 Å². The third-order valence-electron chi connectivity index (χ3n) is 2.54. The van der Waals surface area contributed by atoms with Gasteiger partial charge in [-0.3, -0.25) is 4.68 Å². The number of nitrogens with zero attached hydrogens (tertiary/aromatic N) is 3. The fraction of sp³-hybridized carbons (Fsp3) is 0.455. The Morgan fingerprint density at radius 2 is 2.38 bits per heavy atom. The van der Waals surface area contributed by atoms with Crippen LogP contribution in [0.15, 0.2) is 22.9 Å². The number of aromatic nitrogens is 3. The van der Waals surface area contributed by atoms with Gasteiger partial charge in [-0.1, -0.05) is 12.1 Å². The Balaban J connectivity index is 2.34. The Bertz CT molecular complexity index is 460. The molecule has 86 valence electrons. The predicted molar refractivity (Wildman–Crippen MR) is 60.0 cm³/mol. The third kappa shape index (κ3) is 1.99. The van der Waals surface area contributed by atoms with Gasteiger partial charge < -0.3 is 9.73 Å². The number of rotatable bonds is 4. The Morgan fingerprint density at radius 1 is 1.56 bits per heavy atom. The van der Waals surface area contributed by atoms with Gasteiger partial charge in [0, 0.05) is 12.6 Å². The van der Waals surface area contributed by atoms with Crippen LogP contribution in [-0.4, -0.2) is 21.5 Å². The summed E-state index contributed by atoms with van der Waals surface area (Å²) in [6.45, 7) is 4.89. The lowest BCUT2D eigenvalue weighted by molar-refractivity contribution is 0.520.